The molecule has 0 N–H and O–H groups in total. The van der Waals surface area contributed by atoms with Crippen LogP contribution in [0.25, 0.3) is 0 Å². The van der Waals surface area contributed by atoms with Crippen LogP contribution in [0.3, 0.4) is 0 Å². The van der Waals surface area contributed by atoms with E-state index in [4.69, 9.17) is 4.74 Å². The zero-order valence-corrected chi connectivity index (χ0v) is 19.7. The fraction of sp³-hybridized carbons (Fsp3) is 0.227. The highest BCUT2D eigenvalue weighted by molar-refractivity contribution is 8.29. The lowest BCUT2D eigenvalue weighted by molar-refractivity contribution is -0.384. The summed E-state index contributed by atoms with van der Waals surface area (Å²) in [6.45, 7) is 5.16. The predicted octanol–water partition coefficient (Wildman–Crippen LogP) is 4.71. The summed E-state index contributed by atoms with van der Waals surface area (Å²) in [5.41, 5.74) is 1.71. The van der Waals surface area contributed by atoms with E-state index in [0.717, 1.165) is 5.69 Å². The summed E-state index contributed by atoms with van der Waals surface area (Å²) in [4.78, 5) is 38.4. The van der Waals surface area contributed by atoms with E-state index in [1.54, 1.807) is 31.0 Å². The van der Waals surface area contributed by atoms with Crippen LogP contribution in [0.15, 0.2) is 70.3 Å². The number of carbonyl (C=O) groups is 2. The molecule has 2 aliphatic rings. The van der Waals surface area contributed by atoms with Crippen molar-refractivity contribution in [3.05, 3.63) is 75.3 Å². The van der Waals surface area contributed by atoms with Gasteiger partial charge in [0.25, 0.3) is 5.69 Å². The number of hydrogen-bond acceptors (Lipinski definition) is 10. The minimum absolute atomic E-state index is 0.108. The third kappa shape index (κ3) is 3.98. The number of non-ortho nitro benzene ring substituents is 1. The Bertz CT molecular complexity index is 1200. The van der Waals surface area contributed by atoms with Crippen molar-refractivity contribution in [2.45, 2.75) is 25.1 Å². The molecule has 33 heavy (non-hydrogen) atoms. The predicted molar refractivity (Wildman–Crippen MR) is 130 cm³/mol. The van der Waals surface area contributed by atoms with Gasteiger partial charge in [0.2, 0.25) is 4.33 Å². The number of allylic oxidation sites excluding steroid dienone is 1. The Hall–Kier alpha value is -3.31. The zero-order chi connectivity index (χ0) is 23.8. The maximum absolute atomic E-state index is 12.8. The molecule has 0 aromatic heterocycles. The number of carbonyl (C=O) groups excluding carboxylic acids is 2. The zero-order valence-electron chi connectivity index (χ0n) is 18.0. The van der Waals surface area contributed by atoms with Crippen LogP contribution in [0, 0.1) is 10.1 Å². The van der Waals surface area contributed by atoms with Gasteiger partial charge in [-0.1, -0.05) is 36.0 Å². The number of anilines is 2. The lowest BCUT2D eigenvalue weighted by Gasteiger charge is -2.41. The molecule has 2 aromatic carbocycles. The van der Waals surface area contributed by atoms with Crippen LogP contribution in [0.1, 0.15) is 20.8 Å². The van der Waals surface area contributed by atoms with E-state index in [-0.39, 0.29) is 23.1 Å². The van der Waals surface area contributed by atoms with E-state index in [1.807, 2.05) is 35.2 Å². The molecule has 2 aromatic rings. The average molecular weight is 485 g/mol. The molecule has 2 heterocycles. The Morgan fingerprint density at radius 2 is 1.82 bits per heavy atom. The number of nitrogens with zero attached hydrogens (tertiary/aromatic N) is 4. The quantitative estimate of drug-likeness (QED) is 0.327. The molecule has 11 heteroatoms. The monoisotopic (exact) mass is 484 g/mol. The second-order valence-electron chi connectivity index (χ2n) is 7.11. The highest BCUT2D eigenvalue weighted by atomic mass is 32.2. The minimum atomic E-state index is -1.14. The van der Waals surface area contributed by atoms with Gasteiger partial charge in [-0.05, 0) is 43.8 Å². The largest absolute Gasteiger partial charge is 0.462 e. The molecule has 0 radical (unpaired) electrons. The topological polar surface area (TPSA) is 105 Å². The summed E-state index contributed by atoms with van der Waals surface area (Å²) in [6.07, 6.45) is 0. The molecule has 0 saturated heterocycles. The molecule has 1 spiro atoms. The maximum atomic E-state index is 12.8. The fourth-order valence-electron chi connectivity index (χ4n) is 3.54. The number of rotatable bonds is 6. The number of Topliss-reactive ketones (excluding diaryl/α,β-unsaturated/α-hetero) is 1. The smallest absolute Gasteiger partial charge is 0.346 e. The molecular formula is C22H20N4O5S2. The lowest BCUT2D eigenvalue weighted by atomic mass is 10.2. The lowest BCUT2D eigenvalue weighted by Crippen LogP contribution is -2.49. The van der Waals surface area contributed by atoms with E-state index in [9.17, 15) is 19.7 Å². The van der Waals surface area contributed by atoms with Crippen molar-refractivity contribution in [2.24, 2.45) is 5.10 Å². The molecule has 0 amide bonds. The van der Waals surface area contributed by atoms with Crippen LogP contribution >= 0.6 is 23.5 Å². The summed E-state index contributed by atoms with van der Waals surface area (Å²) >= 11 is 2.39. The van der Waals surface area contributed by atoms with E-state index >= 15 is 0 Å². The number of para-hydroxylation sites is 1. The summed E-state index contributed by atoms with van der Waals surface area (Å²) < 4.78 is 4.15. The Labute approximate surface area is 198 Å². The average Bonchev–Trinajstić information content (AvgIpc) is 3.32. The number of ketones is 1. The summed E-state index contributed by atoms with van der Waals surface area (Å²) in [7, 11) is 0. The van der Waals surface area contributed by atoms with Gasteiger partial charge in [-0.2, -0.15) is 5.10 Å². The third-order valence-corrected chi connectivity index (χ3v) is 7.90. The van der Waals surface area contributed by atoms with Gasteiger partial charge < -0.3 is 9.64 Å². The Morgan fingerprint density at radius 1 is 1.12 bits per heavy atom. The number of nitro groups is 1. The second-order valence-corrected chi connectivity index (χ2v) is 9.71. The molecule has 9 nitrogen and oxygen atoms in total. The first-order valence-corrected chi connectivity index (χ1v) is 11.7. The summed E-state index contributed by atoms with van der Waals surface area (Å²) in [5.74, 6) is -0.725. The molecule has 2 aliphatic heterocycles. The van der Waals surface area contributed by atoms with Crippen molar-refractivity contribution in [1.29, 1.82) is 0 Å². The van der Waals surface area contributed by atoms with Gasteiger partial charge in [0.05, 0.1) is 17.2 Å². The summed E-state index contributed by atoms with van der Waals surface area (Å²) in [5, 5.41) is 17.7. The van der Waals surface area contributed by atoms with Crippen LogP contribution in [0.2, 0.25) is 0 Å². The Kier molecular flexibility index (Phi) is 6.17. The number of benzene rings is 2. The molecule has 1 unspecified atom stereocenters. The first kappa shape index (κ1) is 22.9. The molecule has 0 fully saturated rings. The van der Waals surface area contributed by atoms with Gasteiger partial charge in [-0.25, -0.2) is 9.80 Å². The van der Waals surface area contributed by atoms with Gasteiger partial charge >= 0.3 is 5.97 Å². The van der Waals surface area contributed by atoms with E-state index < -0.39 is 15.2 Å². The molecule has 170 valence electrons. The van der Waals surface area contributed by atoms with Crippen LogP contribution in [-0.4, -0.2) is 32.7 Å². The third-order valence-electron chi connectivity index (χ3n) is 4.93. The van der Waals surface area contributed by atoms with Crippen molar-refractivity contribution in [3.8, 4) is 0 Å². The normalized spacial score (nSPS) is 19.8. The molecule has 4 rings (SSSR count). The first-order chi connectivity index (χ1) is 15.8. The van der Waals surface area contributed by atoms with Crippen LogP contribution in [0.5, 0.6) is 0 Å². The summed E-state index contributed by atoms with van der Waals surface area (Å²) in [6, 6.07) is 15.4. The van der Waals surface area contributed by atoms with E-state index in [0.29, 0.717) is 16.3 Å². The molecular weight excluding hydrogens is 464 g/mol. The highest BCUT2D eigenvalue weighted by Crippen LogP contribution is 2.60. The standard InChI is InChI=1S/C22H20N4O5S2/c1-4-31-21(28)19-14(2)24(16-9-6-5-7-10-16)22(32-19)25(23-20(33-22)15(3)27)17-11-8-12-18(13-17)26(29)30/h5-13H,4H2,1-3H3. The Morgan fingerprint density at radius 3 is 2.45 bits per heavy atom. The number of thioether (sulfide) groups is 2. The van der Waals surface area contributed by atoms with Gasteiger partial charge in [0, 0.05) is 30.4 Å². The van der Waals surface area contributed by atoms with Crippen LogP contribution < -0.4 is 9.91 Å². The number of esters is 1. The van der Waals surface area contributed by atoms with Crippen molar-refractivity contribution in [1.82, 2.24) is 0 Å². The van der Waals surface area contributed by atoms with Crippen LogP contribution in [-0.2, 0) is 14.3 Å². The fourth-order valence-corrected chi connectivity index (χ4v) is 6.49. The van der Waals surface area contributed by atoms with E-state index in [1.165, 1.54) is 42.6 Å². The van der Waals surface area contributed by atoms with Crippen LogP contribution in [0.4, 0.5) is 17.1 Å². The first-order valence-electron chi connectivity index (χ1n) is 10.0. The second kappa shape index (κ2) is 8.91. The Balaban J connectivity index is 1.91. The molecule has 0 aliphatic carbocycles. The molecule has 0 bridgehead atoms. The van der Waals surface area contributed by atoms with Gasteiger partial charge in [-0.3, -0.25) is 14.9 Å². The van der Waals surface area contributed by atoms with Gasteiger partial charge in [0.1, 0.15) is 4.91 Å². The SMILES string of the molecule is CCOC(=O)C1=C(C)N(c2ccccc2)C2(SC(C(C)=O)=NN2c2cccc([N+](=O)[O-])c2)S1. The van der Waals surface area contributed by atoms with Gasteiger partial charge in [-0.15, -0.1) is 0 Å². The van der Waals surface area contributed by atoms with Crippen molar-refractivity contribution in [3.63, 3.8) is 0 Å². The molecule has 1 atom stereocenters. The van der Waals surface area contributed by atoms with Crippen molar-refractivity contribution >= 4 is 57.4 Å². The van der Waals surface area contributed by atoms with Crippen molar-refractivity contribution < 1.29 is 19.2 Å². The number of hydrogen-bond donors (Lipinski definition) is 0. The number of ether oxygens (including phenoxy) is 1. The number of nitro benzene ring substituents is 1. The molecule has 0 saturated carbocycles. The highest BCUT2D eigenvalue weighted by Gasteiger charge is 2.58. The number of hydrazone groups is 1. The van der Waals surface area contributed by atoms with E-state index in [2.05, 4.69) is 5.10 Å². The maximum Gasteiger partial charge on any atom is 0.346 e. The minimum Gasteiger partial charge on any atom is -0.462 e. The van der Waals surface area contributed by atoms with Gasteiger partial charge in [0.15, 0.2) is 10.8 Å². The van der Waals surface area contributed by atoms with Crippen molar-refractivity contribution in [2.75, 3.05) is 16.5 Å².